The summed E-state index contributed by atoms with van der Waals surface area (Å²) in [6.07, 6.45) is 5.85. The molecule has 0 unspecified atom stereocenters. The summed E-state index contributed by atoms with van der Waals surface area (Å²) >= 11 is 0. The van der Waals surface area contributed by atoms with Gasteiger partial charge >= 0.3 is 0 Å². The van der Waals surface area contributed by atoms with Crippen LogP contribution in [0.3, 0.4) is 0 Å². The van der Waals surface area contributed by atoms with E-state index in [9.17, 15) is 0 Å². The van der Waals surface area contributed by atoms with Crippen molar-refractivity contribution in [3.63, 3.8) is 0 Å². The van der Waals surface area contributed by atoms with E-state index in [1.807, 2.05) is 0 Å². The molecule has 0 fully saturated rings. The molecule has 2 nitrogen and oxygen atoms in total. The van der Waals surface area contributed by atoms with E-state index < -0.39 is 0 Å². The number of anilines is 6. The van der Waals surface area contributed by atoms with Crippen LogP contribution in [0.25, 0.3) is 11.1 Å². The summed E-state index contributed by atoms with van der Waals surface area (Å²) in [6, 6.07) is 53.1. The molecule has 7 aromatic carbocycles. The van der Waals surface area contributed by atoms with Crippen LogP contribution < -0.4 is 26.2 Å². The third kappa shape index (κ3) is 6.94. The lowest BCUT2D eigenvalue weighted by atomic mass is 9.32. The molecule has 72 heavy (non-hydrogen) atoms. The van der Waals surface area contributed by atoms with Crippen LogP contribution in [0, 0.1) is 6.92 Å². The molecule has 0 bridgehead atoms. The first-order chi connectivity index (χ1) is 33.8. The lowest BCUT2D eigenvalue weighted by molar-refractivity contribution is 0.332. The fourth-order valence-corrected chi connectivity index (χ4v) is 14.9. The van der Waals surface area contributed by atoms with Crippen molar-refractivity contribution >= 4 is 57.2 Å². The molecule has 366 valence electrons. The van der Waals surface area contributed by atoms with Crippen LogP contribution in [0.5, 0.6) is 0 Å². The van der Waals surface area contributed by atoms with Gasteiger partial charge in [-0.15, -0.1) is 0 Å². The Morgan fingerprint density at radius 3 is 1.46 bits per heavy atom. The Hall–Kier alpha value is -5.80. The Bertz CT molecular complexity index is 3380. The smallest absolute Gasteiger partial charge is 0.252 e. The van der Waals surface area contributed by atoms with E-state index in [2.05, 4.69) is 247 Å². The Balaban J connectivity index is 1.20. The van der Waals surface area contributed by atoms with E-state index in [0.29, 0.717) is 0 Å². The van der Waals surface area contributed by atoms with Gasteiger partial charge in [-0.2, -0.15) is 0 Å². The van der Waals surface area contributed by atoms with Crippen LogP contribution in [-0.4, -0.2) is 6.71 Å². The molecule has 2 aliphatic heterocycles. The van der Waals surface area contributed by atoms with Gasteiger partial charge < -0.3 is 9.80 Å². The van der Waals surface area contributed by atoms with Crippen LogP contribution >= 0.6 is 0 Å². The molecule has 0 radical (unpaired) electrons. The number of hydrogen-bond donors (Lipinski definition) is 0. The third-order valence-corrected chi connectivity index (χ3v) is 19.3. The minimum Gasteiger partial charge on any atom is -0.311 e. The average Bonchev–Trinajstić information content (AvgIpc) is 3.52. The fourth-order valence-electron chi connectivity index (χ4n) is 14.9. The van der Waals surface area contributed by atoms with E-state index >= 15 is 0 Å². The highest BCUT2D eigenvalue weighted by atomic mass is 15.2. The van der Waals surface area contributed by atoms with Gasteiger partial charge in [0.25, 0.3) is 6.71 Å². The Labute approximate surface area is 433 Å². The number of benzene rings is 7. The SMILES string of the molecule is Cc1cc2c3c(c1)N(c1ccc(C(C)(C)c4ccccc4)cc1-c1ccccc1)c1cc4c(cc1B3c1cc3c(cc1N2c1ccc2c(c1)C(C)(C)CCC2(C)C)C(C)(C)CCC3(C)C)C(C)(C)CC4(C)C. The Kier molecular flexibility index (Phi) is 10.1. The molecular weight excluding hydrogens is 868 g/mol. The quantitative estimate of drug-likeness (QED) is 0.159. The highest BCUT2D eigenvalue weighted by molar-refractivity contribution is 7.00. The lowest BCUT2D eigenvalue weighted by Gasteiger charge is -2.48. The number of aryl methyl sites for hydroxylation is 1. The zero-order valence-corrected chi connectivity index (χ0v) is 46.2. The minimum atomic E-state index is -0.211. The van der Waals surface area contributed by atoms with Crippen LogP contribution in [0.1, 0.15) is 179 Å². The predicted octanol–water partition coefficient (Wildman–Crippen LogP) is 16.7. The molecule has 0 saturated carbocycles. The van der Waals surface area contributed by atoms with Crippen molar-refractivity contribution in [3.8, 4) is 11.1 Å². The zero-order chi connectivity index (χ0) is 50.9. The summed E-state index contributed by atoms with van der Waals surface area (Å²) in [6.45, 7) is 37.0. The highest BCUT2D eigenvalue weighted by Gasteiger charge is 2.50. The summed E-state index contributed by atoms with van der Waals surface area (Å²) in [5.74, 6) is 0. The van der Waals surface area contributed by atoms with Crippen LogP contribution in [0.2, 0.25) is 0 Å². The van der Waals surface area contributed by atoms with Gasteiger partial charge in [0.1, 0.15) is 0 Å². The van der Waals surface area contributed by atoms with Gasteiger partial charge in [0.15, 0.2) is 0 Å². The summed E-state index contributed by atoms with van der Waals surface area (Å²) in [4.78, 5) is 5.44. The highest BCUT2D eigenvalue weighted by Crippen LogP contribution is 2.56. The second-order valence-electron chi connectivity index (χ2n) is 27.5. The molecule has 0 aromatic heterocycles. The second kappa shape index (κ2) is 15.4. The van der Waals surface area contributed by atoms with E-state index in [0.717, 1.165) is 6.42 Å². The van der Waals surface area contributed by atoms with E-state index in [-0.39, 0.29) is 44.6 Å². The molecule has 3 aliphatic carbocycles. The van der Waals surface area contributed by atoms with Crippen molar-refractivity contribution < 1.29 is 0 Å². The van der Waals surface area contributed by atoms with Crippen LogP contribution in [-0.2, 0) is 37.9 Å². The minimum absolute atomic E-state index is 0.0220. The first kappa shape index (κ1) is 47.2. The Morgan fingerprint density at radius 1 is 0.403 bits per heavy atom. The number of nitrogens with zero attached hydrogens (tertiary/aromatic N) is 2. The Morgan fingerprint density at radius 2 is 0.875 bits per heavy atom. The maximum absolute atomic E-state index is 2.72. The number of hydrogen-bond acceptors (Lipinski definition) is 2. The van der Waals surface area contributed by atoms with E-state index in [1.54, 1.807) is 0 Å². The van der Waals surface area contributed by atoms with Crippen molar-refractivity contribution in [1.29, 1.82) is 0 Å². The van der Waals surface area contributed by atoms with Crippen LogP contribution in [0.4, 0.5) is 34.1 Å². The number of fused-ring (bicyclic) bond motifs is 7. The molecule has 12 rings (SSSR count). The molecule has 5 aliphatic rings. The molecule has 0 saturated heterocycles. The maximum atomic E-state index is 2.72. The average molecular weight is 945 g/mol. The fraction of sp³-hybridized carbons (Fsp3) is 0.391. The van der Waals surface area contributed by atoms with Gasteiger partial charge in [0.05, 0.1) is 5.69 Å². The maximum Gasteiger partial charge on any atom is 0.252 e. The van der Waals surface area contributed by atoms with Gasteiger partial charge in [-0.3, -0.25) is 0 Å². The first-order valence-electron chi connectivity index (χ1n) is 27.3. The standard InChI is InChI=1S/C69H77BN2/c1-43-34-60-62-61(35-43)72(57-29-26-46(36-48(57)44-22-18-16-19-23-44)69(14,15)45-24-20-17-21-25-45)59-41-54-52(67(10,11)42-68(54,12)13)39-56(59)70(62)55-38-51-53(66(8,9)33-32-65(51,6)7)40-58(55)71(60)47-27-28-49-50(37-47)64(4,5)31-30-63(49,2)3/h16-29,34-41H,30-33,42H2,1-15H3. The summed E-state index contributed by atoms with van der Waals surface area (Å²) in [5, 5.41) is 0. The van der Waals surface area contributed by atoms with Crippen LogP contribution in [0.15, 0.2) is 133 Å². The largest absolute Gasteiger partial charge is 0.311 e. The van der Waals surface area contributed by atoms with Gasteiger partial charge in [0.2, 0.25) is 0 Å². The molecule has 0 atom stereocenters. The molecule has 2 heterocycles. The predicted molar refractivity (Wildman–Crippen MR) is 310 cm³/mol. The molecule has 0 amide bonds. The summed E-state index contributed by atoms with van der Waals surface area (Å²) < 4.78 is 0. The zero-order valence-electron chi connectivity index (χ0n) is 46.2. The monoisotopic (exact) mass is 945 g/mol. The second-order valence-corrected chi connectivity index (χ2v) is 27.5. The topological polar surface area (TPSA) is 6.48 Å². The van der Waals surface area contributed by atoms with E-state index in [4.69, 9.17) is 0 Å². The molecule has 0 N–H and O–H groups in total. The van der Waals surface area contributed by atoms with Gasteiger partial charge in [-0.1, -0.05) is 182 Å². The van der Waals surface area contributed by atoms with Crippen molar-refractivity contribution in [2.75, 3.05) is 9.80 Å². The van der Waals surface area contributed by atoms with Crippen molar-refractivity contribution in [1.82, 2.24) is 0 Å². The molecule has 3 heteroatoms. The van der Waals surface area contributed by atoms with Crippen molar-refractivity contribution in [2.24, 2.45) is 0 Å². The lowest BCUT2D eigenvalue weighted by Crippen LogP contribution is -2.62. The summed E-state index contributed by atoms with van der Waals surface area (Å²) in [5.41, 5.74) is 27.6. The first-order valence-corrected chi connectivity index (χ1v) is 27.3. The van der Waals surface area contributed by atoms with Crippen molar-refractivity contribution in [3.05, 3.63) is 184 Å². The molecule has 0 spiro atoms. The summed E-state index contributed by atoms with van der Waals surface area (Å²) in [7, 11) is 0. The van der Waals surface area contributed by atoms with E-state index in [1.165, 1.54) is 137 Å². The third-order valence-electron chi connectivity index (χ3n) is 19.3. The van der Waals surface area contributed by atoms with Crippen molar-refractivity contribution in [2.45, 2.75) is 174 Å². The van der Waals surface area contributed by atoms with Gasteiger partial charge in [0, 0.05) is 39.4 Å². The number of rotatable bonds is 5. The normalized spacial score (nSPS) is 19.9. The van der Waals surface area contributed by atoms with Gasteiger partial charge in [-0.25, -0.2) is 0 Å². The molecule has 7 aromatic rings. The molecular formula is C69H77BN2. The van der Waals surface area contributed by atoms with Gasteiger partial charge in [-0.05, 0) is 192 Å².